The maximum absolute atomic E-state index is 11.1. The van der Waals surface area contributed by atoms with Gasteiger partial charge >= 0.3 is 0 Å². The van der Waals surface area contributed by atoms with Crippen molar-refractivity contribution in [3.05, 3.63) is 35.4 Å². The van der Waals surface area contributed by atoms with Crippen LogP contribution in [-0.4, -0.2) is 22.6 Å². The van der Waals surface area contributed by atoms with Gasteiger partial charge in [0.2, 0.25) is 0 Å². The van der Waals surface area contributed by atoms with Gasteiger partial charge in [0.15, 0.2) is 5.78 Å². The van der Waals surface area contributed by atoms with Crippen LogP contribution in [0.15, 0.2) is 24.3 Å². The molecule has 1 aromatic rings. The minimum absolute atomic E-state index is 0.313. The van der Waals surface area contributed by atoms with Crippen LogP contribution in [0.5, 0.6) is 0 Å². The van der Waals surface area contributed by atoms with Gasteiger partial charge in [-0.1, -0.05) is 24.3 Å². The summed E-state index contributed by atoms with van der Waals surface area (Å²) in [7, 11) is 0. The first-order valence-electron chi connectivity index (χ1n) is 4.42. The van der Waals surface area contributed by atoms with E-state index in [1.807, 2.05) is 0 Å². The van der Waals surface area contributed by atoms with Gasteiger partial charge in [0.1, 0.15) is 6.61 Å². The second-order valence-corrected chi connectivity index (χ2v) is 3.72. The number of aliphatic hydroxyl groups is 2. The van der Waals surface area contributed by atoms with E-state index in [-0.39, 0.29) is 5.78 Å². The van der Waals surface area contributed by atoms with Crippen molar-refractivity contribution in [1.29, 1.82) is 0 Å². The van der Waals surface area contributed by atoms with Gasteiger partial charge in [-0.05, 0) is 19.4 Å². The zero-order valence-corrected chi connectivity index (χ0v) is 8.32. The van der Waals surface area contributed by atoms with Gasteiger partial charge in [0.25, 0.3) is 0 Å². The molecule has 3 nitrogen and oxygen atoms in total. The Morgan fingerprint density at radius 3 is 2.14 bits per heavy atom. The number of aliphatic hydroxyl groups excluding tert-OH is 1. The number of Topliss-reactive ketones (excluding diaryl/α,β-unsaturated/α-hetero) is 1. The third-order valence-corrected chi connectivity index (χ3v) is 2.06. The topological polar surface area (TPSA) is 57.5 Å². The lowest BCUT2D eigenvalue weighted by Gasteiger charge is -2.17. The van der Waals surface area contributed by atoms with E-state index in [0.29, 0.717) is 5.56 Å². The van der Waals surface area contributed by atoms with Crippen molar-refractivity contribution >= 4 is 5.78 Å². The molecule has 0 radical (unpaired) electrons. The van der Waals surface area contributed by atoms with Crippen LogP contribution in [0.25, 0.3) is 0 Å². The van der Waals surface area contributed by atoms with Gasteiger partial charge < -0.3 is 10.2 Å². The second kappa shape index (κ2) is 3.90. The largest absolute Gasteiger partial charge is 0.388 e. The van der Waals surface area contributed by atoms with Crippen LogP contribution in [0.1, 0.15) is 29.8 Å². The molecule has 0 atom stereocenters. The molecule has 0 bridgehead atoms. The van der Waals surface area contributed by atoms with Gasteiger partial charge in [-0.3, -0.25) is 4.79 Å². The summed E-state index contributed by atoms with van der Waals surface area (Å²) in [6.45, 7) is 2.87. The van der Waals surface area contributed by atoms with Gasteiger partial charge in [-0.2, -0.15) is 0 Å². The predicted octanol–water partition coefficient (Wildman–Crippen LogP) is 1.09. The number of ketones is 1. The van der Waals surface area contributed by atoms with E-state index in [1.165, 1.54) is 0 Å². The molecule has 76 valence electrons. The zero-order valence-electron chi connectivity index (χ0n) is 8.32. The van der Waals surface area contributed by atoms with Gasteiger partial charge in [-0.15, -0.1) is 0 Å². The summed E-state index contributed by atoms with van der Waals surface area (Å²) in [5.41, 5.74) is 0.299. The number of carbonyl (C=O) groups excluding carboxylic acids is 1. The van der Waals surface area contributed by atoms with Crippen LogP contribution in [0.3, 0.4) is 0 Å². The Hall–Kier alpha value is -1.19. The van der Waals surface area contributed by atoms with E-state index >= 15 is 0 Å². The summed E-state index contributed by atoms with van der Waals surface area (Å²) in [5.74, 6) is -0.313. The summed E-state index contributed by atoms with van der Waals surface area (Å²) in [4.78, 5) is 11.1. The molecule has 0 saturated carbocycles. The molecule has 1 rings (SSSR count). The monoisotopic (exact) mass is 194 g/mol. The maximum Gasteiger partial charge on any atom is 0.188 e. The van der Waals surface area contributed by atoms with Gasteiger partial charge in [0, 0.05) is 5.56 Å². The smallest absolute Gasteiger partial charge is 0.188 e. The third-order valence-electron chi connectivity index (χ3n) is 2.06. The molecule has 0 heterocycles. The lowest BCUT2D eigenvalue weighted by molar-refractivity contribution is 0.0783. The van der Waals surface area contributed by atoms with Crippen LogP contribution in [0.2, 0.25) is 0 Å². The Balaban J connectivity index is 2.95. The van der Waals surface area contributed by atoms with Crippen LogP contribution in [-0.2, 0) is 5.60 Å². The summed E-state index contributed by atoms with van der Waals surface area (Å²) < 4.78 is 0. The molecule has 0 amide bonds. The zero-order chi connectivity index (χ0) is 10.8. The molecule has 0 fully saturated rings. The second-order valence-electron chi connectivity index (χ2n) is 3.72. The number of carbonyl (C=O) groups is 1. The molecular weight excluding hydrogens is 180 g/mol. The summed E-state index contributed by atoms with van der Waals surface area (Å²) in [5, 5.41) is 18.3. The van der Waals surface area contributed by atoms with E-state index in [9.17, 15) is 9.90 Å². The molecule has 0 spiro atoms. The fourth-order valence-corrected chi connectivity index (χ4v) is 1.16. The summed E-state index contributed by atoms with van der Waals surface area (Å²) in [6, 6.07) is 6.57. The molecule has 1 aromatic carbocycles. The quantitative estimate of drug-likeness (QED) is 0.708. The first-order valence-corrected chi connectivity index (χ1v) is 4.42. The highest BCUT2D eigenvalue weighted by Crippen LogP contribution is 2.19. The number of benzene rings is 1. The minimum Gasteiger partial charge on any atom is -0.388 e. The molecule has 14 heavy (non-hydrogen) atoms. The highest BCUT2D eigenvalue weighted by Gasteiger charge is 2.15. The maximum atomic E-state index is 11.1. The van der Waals surface area contributed by atoms with E-state index in [4.69, 9.17) is 5.11 Å². The van der Waals surface area contributed by atoms with Crippen molar-refractivity contribution in [3.8, 4) is 0 Å². The fraction of sp³-hybridized carbons (Fsp3) is 0.364. The first kappa shape index (κ1) is 10.9. The first-order chi connectivity index (χ1) is 6.45. The van der Waals surface area contributed by atoms with Crippen molar-refractivity contribution in [2.24, 2.45) is 0 Å². The van der Waals surface area contributed by atoms with Gasteiger partial charge in [-0.25, -0.2) is 0 Å². The predicted molar refractivity (Wildman–Crippen MR) is 53.1 cm³/mol. The van der Waals surface area contributed by atoms with E-state index in [1.54, 1.807) is 38.1 Å². The minimum atomic E-state index is -0.902. The molecule has 0 aliphatic heterocycles. The molecule has 3 heteroatoms. The van der Waals surface area contributed by atoms with Gasteiger partial charge in [0.05, 0.1) is 5.60 Å². The molecule has 0 saturated heterocycles. The standard InChI is InChI=1S/C11H14O3/c1-11(2,14)9-5-3-8(4-6-9)10(13)7-12/h3-6,12,14H,7H2,1-2H3. The van der Waals surface area contributed by atoms with E-state index in [2.05, 4.69) is 0 Å². The number of hydrogen-bond donors (Lipinski definition) is 2. The molecular formula is C11H14O3. The lowest BCUT2D eigenvalue weighted by atomic mass is 9.97. The van der Waals surface area contributed by atoms with Crippen molar-refractivity contribution in [3.63, 3.8) is 0 Å². The summed E-state index contributed by atoms with van der Waals surface area (Å²) >= 11 is 0. The lowest BCUT2D eigenvalue weighted by Crippen LogP contribution is -2.15. The molecule has 0 aliphatic rings. The Labute approximate surface area is 83.0 Å². The van der Waals surface area contributed by atoms with Crippen molar-refractivity contribution < 1.29 is 15.0 Å². The normalized spacial score (nSPS) is 11.4. The number of hydrogen-bond acceptors (Lipinski definition) is 3. The Morgan fingerprint density at radius 1 is 1.29 bits per heavy atom. The van der Waals surface area contributed by atoms with Crippen LogP contribution in [0, 0.1) is 0 Å². The number of rotatable bonds is 3. The van der Waals surface area contributed by atoms with Crippen LogP contribution in [0.4, 0.5) is 0 Å². The average molecular weight is 194 g/mol. The Kier molecular flexibility index (Phi) is 3.03. The van der Waals surface area contributed by atoms with Crippen molar-refractivity contribution in [2.45, 2.75) is 19.4 Å². The third kappa shape index (κ3) is 2.40. The Bertz CT molecular complexity index is 319. The van der Waals surface area contributed by atoms with Crippen LogP contribution >= 0.6 is 0 Å². The highest BCUT2D eigenvalue weighted by atomic mass is 16.3. The SMILES string of the molecule is CC(C)(O)c1ccc(C(=O)CO)cc1. The highest BCUT2D eigenvalue weighted by molar-refractivity contribution is 5.96. The molecule has 0 unspecified atom stereocenters. The fourth-order valence-electron chi connectivity index (χ4n) is 1.16. The van der Waals surface area contributed by atoms with Crippen LogP contribution < -0.4 is 0 Å². The van der Waals surface area contributed by atoms with Crippen molar-refractivity contribution in [2.75, 3.05) is 6.61 Å². The van der Waals surface area contributed by atoms with Crippen molar-refractivity contribution in [1.82, 2.24) is 0 Å². The summed E-state index contributed by atoms with van der Waals surface area (Å²) in [6.07, 6.45) is 0. The molecule has 0 aliphatic carbocycles. The average Bonchev–Trinajstić information content (AvgIpc) is 2.15. The van der Waals surface area contributed by atoms with E-state index < -0.39 is 12.2 Å². The van der Waals surface area contributed by atoms with E-state index in [0.717, 1.165) is 5.56 Å². The Morgan fingerprint density at radius 2 is 1.79 bits per heavy atom. The molecule has 0 aromatic heterocycles. The molecule has 2 N–H and O–H groups in total.